The van der Waals surface area contributed by atoms with E-state index in [-0.39, 0.29) is 17.9 Å². The summed E-state index contributed by atoms with van der Waals surface area (Å²) in [7, 11) is 0. The Bertz CT molecular complexity index is 921. The number of aromatic amines is 1. The lowest BCUT2D eigenvalue weighted by Crippen LogP contribution is -2.40. The highest BCUT2D eigenvalue weighted by Gasteiger charge is 2.37. The molecular formula is C19H22N6OS. The molecule has 1 fully saturated rings. The summed E-state index contributed by atoms with van der Waals surface area (Å²) in [5, 5.41) is 10.5. The number of thiazole rings is 1. The number of benzene rings is 1. The number of aryl methyl sites for hydroxylation is 2. The first-order valence-electron chi connectivity index (χ1n) is 8.96. The number of H-pyrrole nitrogens is 1. The van der Waals surface area contributed by atoms with Gasteiger partial charge >= 0.3 is 0 Å². The van der Waals surface area contributed by atoms with Gasteiger partial charge in [-0.3, -0.25) is 14.8 Å². The maximum atomic E-state index is 12.7. The van der Waals surface area contributed by atoms with Crippen LogP contribution in [-0.2, 0) is 6.54 Å². The molecule has 0 spiro atoms. The number of carbonyl (C=O) groups is 1. The highest BCUT2D eigenvalue weighted by molar-refractivity contribution is 7.09. The van der Waals surface area contributed by atoms with E-state index in [2.05, 4.69) is 30.4 Å². The van der Waals surface area contributed by atoms with Crippen LogP contribution in [0.4, 0.5) is 0 Å². The van der Waals surface area contributed by atoms with Gasteiger partial charge in [0.15, 0.2) is 5.82 Å². The van der Waals surface area contributed by atoms with Crippen LogP contribution in [0.3, 0.4) is 0 Å². The van der Waals surface area contributed by atoms with Crippen molar-refractivity contribution in [3.63, 3.8) is 0 Å². The number of amides is 1. The van der Waals surface area contributed by atoms with E-state index in [1.807, 2.05) is 49.7 Å². The van der Waals surface area contributed by atoms with E-state index < -0.39 is 0 Å². The molecule has 1 amide bonds. The van der Waals surface area contributed by atoms with E-state index >= 15 is 0 Å². The van der Waals surface area contributed by atoms with Crippen LogP contribution in [0.25, 0.3) is 0 Å². The molecule has 0 radical (unpaired) electrons. The van der Waals surface area contributed by atoms with E-state index in [1.165, 1.54) is 4.88 Å². The number of hydrogen-bond donors (Lipinski definition) is 2. The van der Waals surface area contributed by atoms with Gasteiger partial charge in [-0.05, 0) is 26.0 Å². The summed E-state index contributed by atoms with van der Waals surface area (Å²) in [5.74, 6) is 1.54. The van der Waals surface area contributed by atoms with E-state index in [4.69, 9.17) is 0 Å². The fourth-order valence-electron chi connectivity index (χ4n) is 3.47. The minimum atomic E-state index is -0.0614. The molecule has 1 aliphatic heterocycles. The van der Waals surface area contributed by atoms with Crippen LogP contribution in [0.2, 0.25) is 0 Å². The molecule has 0 unspecified atom stereocenters. The lowest BCUT2D eigenvalue weighted by Gasteiger charge is -2.18. The van der Waals surface area contributed by atoms with E-state index in [0.717, 1.165) is 37.0 Å². The summed E-state index contributed by atoms with van der Waals surface area (Å²) in [6.07, 6.45) is 0. The monoisotopic (exact) mass is 382 g/mol. The Balaban J connectivity index is 1.53. The van der Waals surface area contributed by atoms with Crippen molar-refractivity contribution >= 4 is 17.2 Å². The Morgan fingerprint density at radius 1 is 1.30 bits per heavy atom. The summed E-state index contributed by atoms with van der Waals surface area (Å²) in [5.41, 5.74) is 3.62. The number of carbonyl (C=O) groups excluding carboxylic acids is 1. The number of hydrogen-bond acceptors (Lipinski definition) is 6. The van der Waals surface area contributed by atoms with Crippen molar-refractivity contribution < 1.29 is 4.79 Å². The van der Waals surface area contributed by atoms with E-state index in [0.29, 0.717) is 5.56 Å². The van der Waals surface area contributed by atoms with Gasteiger partial charge in [0, 0.05) is 30.1 Å². The van der Waals surface area contributed by atoms with Gasteiger partial charge in [0.1, 0.15) is 5.82 Å². The van der Waals surface area contributed by atoms with Crippen LogP contribution in [0.1, 0.15) is 38.5 Å². The molecule has 1 saturated heterocycles. The van der Waals surface area contributed by atoms with Crippen LogP contribution in [0, 0.1) is 13.8 Å². The number of aromatic nitrogens is 4. The molecule has 3 aromatic rings. The first-order valence-corrected chi connectivity index (χ1v) is 9.84. The molecule has 0 aliphatic carbocycles. The standard InChI is InChI=1S/C19H22N6OS/c1-12-17(27-11-20-12)10-25-8-15(18-21-13(2)23-24-18)16(9-25)22-19(26)14-6-4-3-5-7-14/h3-7,11,15-16H,8-10H2,1-2H3,(H,22,26)(H,21,23,24)/t15-,16-/m1/s1. The van der Waals surface area contributed by atoms with Crippen molar-refractivity contribution in [1.29, 1.82) is 0 Å². The maximum Gasteiger partial charge on any atom is 0.251 e. The van der Waals surface area contributed by atoms with Crippen molar-refractivity contribution in [2.75, 3.05) is 13.1 Å². The summed E-state index contributed by atoms with van der Waals surface area (Å²) in [4.78, 5) is 25.1. The summed E-state index contributed by atoms with van der Waals surface area (Å²) in [6, 6.07) is 9.27. The second kappa shape index (κ2) is 7.58. The van der Waals surface area contributed by atoms with Gasteiger partial charge in [0.25, 0.3) is 5.91 Å². The molecule has 2 N–H and O–H groups in total. The largest absolute Gasteiger partial charge is 0.347 e. The van der Waals surface area contributed by atoms with E-state index in [9.17, 15) is 4.79 Å². The van der Waals surface area contributed by atoms with Crippen LogP contribution >= 0.6 is 11.3 Å². The average Bonchev–Trinajstić information content (AvgIpc) is 3.37. The third-order valence-corrected chi connectivity index (χ3v) is 5.83. The van der Waals surface area contributed by atoms with Gasteiger partial charge in [-0.1, -0.05) is 18.2 Å². The molecule has 8 heteroatoms. The molecule has 4 rings (SSSR count). The van der Waals surface area contributed by atoms with Gasteiger partial charge in [-0.25, -0.2) is 9.97 Å². The summed E-state index contributed by atoms with van der Waals surface area (Å²) < 4.78 is 0. The molecule has 0 saturated carbocycles. The zero-order valence-electron chi connectivity index (χ0n) is 15.3. The van der Waals surface area contributed by atoms with Crippen molar-refractivity contribution in [3.8, 4) is 0 Å². The van der Waals surface area contributed by atoms with E-state index in [1.54, 1.807) is 11.3 Å². The molecule has 7 nitrogen and oxygen atoms in total. The molecular weight excluding hydrogens is 360 g/mol. The topological polar surface area (TPSA) is 86.8 Å². The Labute approximate surface area is 161 Å². The predicted molar refractivity (Wildman–Crippen MR) is 104 cm³/mol. The second-order valence-corrected chi connectivity index (χ2v) is 7.83. The Morgan fingerprint density at radius 2 is 2.11 bits per heavy atom. The van der Waals surface area contributed by atoms with Crippen LogP contribution < -0.4 is 5.32 Å². The van der Waals surface area contributed by atoms with Gasteiger partial charge in [0.05, 0.1) is 23.2 Å². The molecule has 2 aromatic heterocycles. The highest BCUT2D eigenvalue weighted by Crippen LogP contribution is 2.28. The maximum absolute atomic E-state index is 12.7. The van der Waals surface area contributed by atoms with Crippen molar-refractivity contribution in [1.82, 2.24) is 30.4 Å². The normalized spacial score (nSPS) is 20.1. The highest BCUT2D eigenvalue weighted by atomic mass is 32.1. The molecule has 2 atom stereocenters. The smallest absolute Gasteiger partial charge is 0.251 e. The number of likely N-dealkylation sites (tertiary alicyclic amines) is 1. The van der Waals surface area contributed by atoms with Crippen LogP contribution in [0.5, 0.6) is 0 Å². The second-order valence-electron chi connectivity index (χ2n) is 6.89. The minimum Gasteiger partial charge on any atom is -0.347 e. The van der Waals surface area contributed by atoms with Crippen LogP contribution in [-0.4, -0.2) is 50.1 Å². The third kappa shape index (κ3) is 3.91. The fourth-order valence-corrected chi connectivity index (χ4v) is 4.29. The van der Waals surface area contributed by atoms with Gasteiger partial charge < -0.3 is 5.32 Å². The molecule has 0 bridgehead atoms. The van der Waals surface area contributed by atoms with Crippen LogP contribution in [0.15, 0.2) is 35.8 Å². The molecule has 1 aliphatic rings. The summed E-state index contributed by atoms with van der Waals surface area (Å²) >= 11 is 1.67. The number of nitrogens with zero attached hydrogens (tertiary/aromatic N) is 4. The molecule has 3 heterocycles. The van der Waals surface area contributed by atoms with Crippen molar-refractivity contribution in [2.45, 2.75) is 32.4 Å². The Kier molecular flexibility index (Phi) is 5.00. The first-order chi connectivity index (χ1) is 13.1. The minimum absolute atomic E-state index is 0.0406. The fraction of sp³-hybridized carbons (Fsp3) is 0.368. The first kappa shape index (κ1) is 17.8. The van der Waals surface area contributed by atoms with Crippen molar-refractivity contribution in [2.24, 2.45) is 0 Å². The molecule has 27 heavy (non-hydrogen) atoms. The SMILES string of the molecule is Cc1nc([C@@H]2CN(Cc3scnc3C)C[C@H]2NC(=O)c2ccccc2)n[nH]1. The van der Waals surface area contributed by atoms with Gasteiger partial charge in [-0.2, -0.15) is 5.10 Å². The van der Waals surface area contributed by atoms with Gasteiger partial charge in [0.2, 0.25) is 0 Å². The zero-order chi connectivity index (χ0) is 18.8. The zero-order valence-corrected chi connectivity index (χ0v) is 16.2. The molecule has 1 aromatic carbocycles. The van der Waals surface area contributed by atoms with Crippen molar-refractivity contribution in [3.05, 3.63) is 63.6 Å². The Hall–Kier alpha value is -2.58. The Morgan fingerprint density at radius 3 is 2.78 bits per heavy atom. The molecule has 140 valence electrons. The predicted octanol–water partition coefficient (Wildman–Crippen LogP) is 2.28. The third-order valence-electron chi connectivity index (χ3n) is 4.91. The lowest BCUT2D eigenvalue weighted by atomic mass is 10.0. The number of rotatable bonds is 5. The summed E-state index contributed by atoms with van der Waals surface area (Å²) in [6.45, 7) is 6.31. The number of nitrogens with one attached hydrogen (secondary N) is 2. The lowest BCUT2D eigenvalue weighted by molar-refractivity contribution is 0.0934. The quantitative estimate of drug-likeness (QED) is 0.707. The average molecular weight is 382 g/mol. The van der Waals surface area contributed by atoms with Gasteiger partial charge in [-0.15, -0.1) is 11.3 Å².